The molecule has 1 aliphatic rings. The number of anilines is 1. The predicted octanol–water partition coefficient (Wildman–Crippen LogP) is 3.75. The highest BCUT2D eigenvalue weighted by Gasteiger charge is 2.27. The molecule has 0 aliphatic carbocycles. The monoisotopic (exact) mass is 481 g/mol. The van der Waals surface area contributed by atoms with E-state index in [0.717, 1.165) is 49.3 Å². The number of hydrogen-bond acceptors (Lipinski definition) is 7. The maximum atomic E-state index is 16.1. The van der Waals surface area contributed by atoms with Crippen molar-refractivity contribution < 1.29 is 13.9 Å². The van der Waals surface area contributed by atoms with Crippen LogP contribution in [0.4, 0.5) is 10.2 Å². The minimum atomic E-state index is -0.270. The molecule has 35 heavy (non-hydrogen) atoms. The van der Waals surface area contributed by atoms with Crippen LogP contribution in [0.15, 0.2) is 24.8 Å². The standard InChI is InChI=1S/C25H32FN7O2/c1-15(2)20-21-18(31-23(20)16-11-19(35-4)24-29-14-30-33(24)13-16)12-28-25(22(21)26)32-8-5-17(6-9-32)27-7-10-34-3/h11-15,17,27,31H,5-10H2,1-4H3. The van der Waals surface area contributed by atoms with Crippen LogP contribution in [0.3, 0.4) is 0 Å². The maximum Gasteiger partial charge on any atom is 0.197 e. The largest absolute Gasteiger partial charge is 0.493 e. The van der Waals surface area contributed by atoms with Gasteiger partial charge in [-0.1, -0.05) is 13.8 Å². The molecular formula is C25H32FN7O2. The highest BCUT2D eigenvalue weighted by Crippen LogP contribution is 2.40. The number of nitrogens with one attached hydrogen (secondary N) is 2. The topological polar surface area (TPSA) is 92.6 Å². The average molecular weight is 482 g/mol. The second-order valence-electron chi connectivity index (χ2n) is 9.29. The van der Waals surface area contributed by atoms with Crippen LogP contribution >= 0.6 is 0 Å². The zero-order chi connectivity index (χ0) is 24.5. The van der Waals surface area contributed by atoms with Crippen LogP contribution in [0.1, 0.15) is 38.2 Å². The van der Waals surface area contributed by atoms with Gasteiger partial charge in [0.25, 0.3) is 0 Å². The maximum absolute atomic E-state index is 16.1. The third-order valence-corrected chi connectivity index (χ3v) is 6.76. The number of methoxy groups -OCH3 is 2. The molecule has 186 valence electrons. The summed E-state index contributed by atoms with van der Waals surface area (Å²) in [5.74, 6) is 0.837. The second kappa shape index (κ2) is 9.79. The normalized spacial score (nSPS) is 15.1. The van der Waals surface area contributed by atoms with Crippen LogP contribution in [0.2, 0.25) is 0 Å². The van der Waals surface area contributed by atoms with E-state index in [2.05, 4.69) is 44.1 Å². The molecule has 9 nitrogen and oxygen atoms in total. The first-order valence-corrected chi connectivity index (χ1v) is 12.1. The van der Waals surface area contributed by atoms with Crippen LogP contribution in [0.25, 0.3) is 27.8 Å². The van der Waals surface area contributed by atoms with Gasteiger partial charge in [0.1, 0.15) is 6.33 Å². The smallest absolute Gasteiger partial charge is 0.197 e. The Morgan fingerprint density at radius 1 is 1.23 bits per heavy atom. The first kappa shape index (κ1) is 23.5. The Balaban J connectivity index is 1.51. The third kappa shape index (κ3) is 4.32. The summed E-state index contributed by atoms with van der Waals surface area (Å²) >= 11 is 0. The SMILES string of the molecule is COCCNC1CCN(c2ncc3[nH]c(-c4cc(OC)c5ncnn5c4)c(C(C)C)c3c2F)CC1. The van der Waals surface area contributed by atoms with Gasteiger partial charge >= 0.3 is 0 Å². The highest BCUT2D eigenvalue weighted by molar-refractivity contribution is 5.93. The number of piperidine rings is 1. The fourth-order valence-corrected chi connectivity index (χ4v) is 5.03. The van der Waals surface area contributed by atoms with Crippen LogP contribution < -0.4 is 15.0 Å². The number of aromatic amines is 1. The van der Waals surface area contributed by atoms with Crippen LogP contribution in [0, 0.1) is 5.82 Å². The molecule has 4 aromatic rings. The summed E-state index contributed by atoms with van der Waals surface area (Å²) in [4.78, 5) is 14.3. The molecule has 4 aromatic heterocycles. The van der Waals surface area contributed by atoms with Crippen molar-refractivity contribution in [3.8, 4) is 17.0 Å². The molecule has 5 rings (SSSR count). The van der Waals surface area contributed by atoms with Gasteiger partial charge in [0.15, 0.2) is 23.0 Å². The van der Waals surface area contributed by atoms with E-state index in [4.69, 9.17) is 9.47 Å². The first-order chi connectivity index (χ1) is 17.0. The van der Waals surface area contributed by atoms with Crippen molar-refractivity contribution in [2.24, 2.45) is 0 Å². The van der Waals surface area contributed by atoms with Gasteiger partial charge in [-0.3, -0.25) is 0 Å². The Hall–Kier alpha value is -3.24. The number of nitrogens with zero attached hydrogens (tertiary/aromatic N) is 5. The first-order valence-electron chi connectivity index (χ1n) is 12.1. The molecule has 0 unspecified atom stereocenters. The number of pyridine rings is 2. The molecule has 1 fully saturated rings. The minimum absolute atomic E-state index is 0.0802. The molecule has 0 amide bonds. The number of hydrogen-bond donors (Lipinski definition) is 2. The van der Waals surface area contributed by atoms with Crippen molar-refractivity contribution >= 4 is 22.4 Å². The predicted molar refractivity (Wildman–Crippen MR) is 134 cm³/mol. The van der Waals surface area contributed by atoms with E-state index in [1.165, 1.54) is 6.33 Å². The van der Waals surface area contributed by atoms with Crippen molar-refractivity contribution in [1.82, 2.24) is 29.9 Å². The Bertz CT molecular complexity index is 1320. The van der Waals surface area contributed by atoms with Gasteiger partial charge in [-0.15, -0.1) is 0 Å². The molecule has 0 saturated carbocycles. The number of halogens is 1. The number of aromatic nitrogens is 5. The lowest BCUT2D eigenvalue weighted by Crippen LogP contribution is -2.44. The summed E-state index contributed by atoms with van der Waals surface area (Å²) in [6.07, 6.45) is 7.00. The van der Waals surface area contributed by atoms with Crippen molar-refractivity contribution in [3.63, 3.8) is 0 Å². The molecule has 0 atom stereocenters. The fraction of sp³-hybridized carbons (Fsp3) is 0.480. The lowest BCUT2D eigenvalue weighted by atomic mass is 9.96. The van der Waals surface area contributed by atoms with Gasteiger partial charge in [0.05, 0.1) is 31.1 Å². The fourth-order valence-electron chi connectivity index (χ4n) is 5.03. The summed E-state index contributed by atoms with van der Waals surface area (Å²) in [5.41, 5.74) is 3.92. The quantitative estimate of drug-likeness (QED) is 0.370. The summed E-state index contributed by atoms with van der Waals surface area (Å²) < 4.78 is 28.4. The van der Waals surface area contributed by atoms with Crippen molar-refractivity contribution in [2.75, 3.05) is 45.4 Å². The van der Waals surface area contributed by atoms with Gasteiger partial charge in [-0.2, -0.15) is 5.10 Å². The molecule has 0 bridgehead atoms. The summed E-state index contributed by atoms with van der Waals surface area (Å²) in [5, 5.41) is 8.38. The Labute approximate surface area is 203 Å². The third-order valence-electron chi connectivity index (χ3n) is 6.76. The Morgan fingerprint density at radius 2 is 2.03 bits per heavy atom. The van der Waals surface area contributed by atoms with E-state index < -0.39 is 0 Å². The van der Waals surface area contributed by atoms with Gasteiger partial charge in [-0.25, -0.2) is 18.9 Å². The lowest BCUT2D eigenvalue weighted by Gasteiger charge is -2.33. The Morgan fingerprint density at radius 3 is 2.74 bits per heavy atom. The second-order valence-corrected chi connectivity index (χ2v) is 9.29. The molecule has 1 aliphatic heterocycles. The number of ether oxygens (including phenoxy) is 2. The van der Waals surface area contributed by atoms with Gasteiger partial charge in [0, 0.05) is 49.9 Å². The van der Waals surface area contributed by atoms with Crippen LogP contribution in [-0.2, 0) is 4.74 Å². The van der Waals surface area contributed by atoms with E-state index in [1.54, 1.807) is 24.9 Å². The average Bonchev–Trinajstić information content (AvgIpc) is 3.50. The zero-order valence-corrected chi connectivity index (χ0v) is 20.6. The number of rotatable bonds is 8. The van der Waals surface area contributed by atoms with Crippen molar-refractivity contribution in [3.05, 3.63) is 36.2 Å². The molecule has 10 heteroatoms. The van der Waals surface area contributed by atoms with Crippen LogP contribution in [-0.4, -0.2) is 71.1 Å². The number of fused-ring (bicyclic) bond motifs is 2. The highest BCUT2D eigenvalue weighted by atomic mass is 19.1. The van der Waals surface area contributed by atoms with Crippen molar-refractivity contribution in [2.45, 2.75) is 38.6 Å². The molecule has 5 heterocycles. The molecule has 0 aromatic carbocycles. The number of H-pyrrole nitrogens is 1. The van der Waals surface area contributed by atoms with E-state index in [-0.39, 0.29) is 11.7 Å². The zero-order valence-electron chi connectivity index (χ0n) is 20.6. The van der Waals surface area contributed by atoms with E-state index in [0.29, 0.717) is 40.8 Å². The molecule has 2 N–H and O–H groups in total. The lowest BCUT2D eigenvalue weighted by molar-refractivity contribution is 0.193. The van der Waals surface area contributed by atoms with E-state index in [1.807, 2.05) is 12.3 Å². The van der Waals surface area contributed by atoms with Gasteiger partial charge in [0.2, 0.25) is 0 Å². The molecule has 1 saturated heterocycles. The van der Waals surface area contributed by atoms with Crippen LogP contribution in [0.5, 0.6) is 5.75 Å². The summed E-state index contributed by atoms with van der Waals surface area (Å²) in [7, 11) is 3.31. The minimum Gasteiger partial charge on any atom is -0.493 e. The molecular weight excluding hydrogens is 449 g/mol. The molecule has 0 spiro atoms. The van der Waals surface area contributed by atoms with E-state index >= 15 is 4.39 Å². The molecule has 0 radical (unpaired) electrons. The van der Waals surface area contributed by atoms with Gasteiger partial charge < -0.3 is 24.7 Å². The Kier molecular flexibility index (Phi) is 6.57. The van der Waals surface area contributed by atoms with Crippen molar-refractivity contribution in [1.29, 1.82) is 0 Å². The summed E-state index contributed by atoms with van der Waals surface area (Å²) in [6.45, 7) is 7.19. The van der Waals surface area contributed by atoms with E-state index in [9.17, 15) is 0 Å². The van der Waals surface area contributed by atoms with Gasteiger partial charge in [-0.05, 0) is 30.4 Å². The summed E-state index contributed by atoms with van der Waals surface area (Å²) in [6, 6.07) is 2.33.